The van der Waals surface area contributed by atoms with E-state index < -0.39 is 0 Å². The molecular formula is C6H13NOS. The fourth-order valence-corrected chi connectivity index (χ4v) is 0.563. The van der Waals surface area contributed by atoms with Crippen LogP contribution in [-0.2, 0) is 4.74 Å². The molecule has 0 saturated carbocycles. The lowest BCUT2D eigenvalue weighted by Crippen LogP contribution is -2.31. The average Bonchev–Trinajstić information content (AvgIpc) is 1.87. The maximum atomic E-state index is 4.76. The molecule has 0 fully saturated rings. The molecule has 0 rings (SSSR count). The van der Waals surface area contributed by atoms with Gasteiger partial charge in [0.1, 0.15) is 0 Å². The van der Waals surface area contributed by atoms with E-state index in [1.54, 1.807) is 7.11 Å². The first-order valence-corrected chi connectivity index (χ1v) is 3.46. The van der Waals surface area contributed by atoms with Crippen molar-refractivity contribution in [2.24, 2.45) is 0 Å². The van der Waals surface area contributed by atoms with Crippen molar-refractivity contribution in [1.29, 1.82) is 0 Å². The lowest BCUT2D eigenvalue weighted by Gasteiger charge is -2.11. The molecule has 0 heterocycles. The maximum absolute atomic E-state index is 4.76. The van der Waals surface area contributed by atoms with Crippen molar-refractivity contribution in [3.05, 3.63) is 0 Å². The van der Waals surface area contributed by atoms with Crippen LogP contribution in [0.2, 0.25) is 0 Å². The molecule has 0 spiro atoms. The number of methoxy groups -OCH3 is 1. The minimum absolute atomic E-state index is 0.414. The number of rotatable bonds is 2. The minimum Gasteiger partial charge on any atom is -0.474 e. The van der Waals surface area contributed by atoms with Crippen LogP contribution in [0.3, 0.4) is 0 Å². The summed E-state index contributed by atoms with van der Waals surface area (Å²) in [5.74, 6) is 0. The summed E-state index contributed by atoms with van der Waals surface area (Å²) >= 11 is 4.76. The molecule has 0 radical (unpaired) electrons. The van der Waals surface area contributed by atoms with Gasteiger partial charge in [0, 0.05) is 6.04 Å². The van der Waals surface area contributed by atoms with Crippen LogP contribution in [-0.4, -0.2) is 18.3 Å². The summed E-state index contributed by atoms with van der Waals surface area (Å²) in [5.41, 5.74) is 0. The number of hydrogen-bond donors (Lipinski definition) is 1. The van der Waals surface area contributed by atoms with E-state index in [0.29, 0.717) is 11.2 Å². The van der Waals surface area contributed by atoms with Gasteiger partial charge in [-0.2, -0.15) is 0 Å². The zero-order valence-corrected chi connectivity index (χ0v) is 6.92. The molecule has 0 saturated heterocycles. The summed E-state index contributed by atoms with van der Waals surface area (Å²) in [6.45, 7) is 4.15. The van der Waals surface area contributed by atoms with Gasteiger partial charge in [-0.15, -0.1) is 0 Å². The van der Waals surface area contributed by atoms with Crippen molar-refractivity contribution >= 4 is 17.4 Å². The second kappa shape index (κ2) is 4.56. The zero-order valence-electron chi connectivity index (χ0n) is 6.10. The van der Waals surface area contributed by atoms with Crippen molar-refractivity contribution in [2.75, 3.05) is 7.11 Å². The predicted octanol–water partition coefficient (Wildman–Crippen LogP) is 1.31. The van der Waals surface area contributed by atoms with E-state index >= 15 is 0 Å². The van der Waals surface area contributed by atoms with Crippen molar-refractivity contribution in [3.63, 3.8) is 0 Å². The van der Waals surface area contributed by atoms with Crippen molar-refractivity contribution < 1.29 is 4.74 Å². The van der Waals surface area contributed by atoms with Crippen molar-refractivity contribution in [1.82, 2.24) is 5.32 Å². The Morgan fingerprint density at radius 3 is 2.67 bits per heavy atom. The van der Waals surface area contributed by atoms with Crippen LogP contribution in [0.25, 0.3) is 0 Å². The standard InChI is InChI=1S/C6H13NOS/c1-4-5(2)7-6(9)8-3/h5H,4H2,1-3H3,(H,7,9). The van der Waals surface area contributed by atoms with Crippen LogP contribution in [0, 0.1) is 0 Å². The lowest BCUT2D eigenvalue weighted by molar-refractivity contribution is 0.383. The molecule has 0 aromatic heterocycles. The Morgan fingerprint density at radius 1 is 1.78 bits per heavy atom. The topological polar surface area (TPSA) is 21.3 Å². The van der Waals surface area contributed by atoms with E-state index in [1.165, 1.54) is 0 Å². The van der Waals surface area contributed by atoms with Crippen LogP contribution in [0.1, 0.15) is 20.3 Å². The monoisotopic (exact) mass is 147 g/mol. The second-order valence-electron chi connectivity index (χ2n) is 1.95. The van der Waals surface area contributed by atoms with Gasteiger partial charge in [-0.05, 0) is 25.6 Å². The average molecular weight is 147 g/mol. The van der Waals surface area contributed by atoms with E-state index in [9.17, 15) is 0 Å². The van der Waals surface area contributed by atoms with Crippen LogP contribution in [0.4, 0.5) is 0 Å². The molecule has 1 atom stereocenters. The number of hydrogen-bond acceptors (Lipinski definition) is 2. The van der Waals surface area contributed by atoms with E-state index in [0.717, 1.165) is 6.42 Å². The van der Waals surface area contributed by atoms with Crippen LogP contribution in [0.5, 0.6) is 0 Å². The maximum Gasteiger partial charge on any atom is 0.256 e. The molecule has 0 amide bonds. The summed E-state index contributed by atoms with van der Waals surface area (Å²) in [6, 6.07) is 0.414. The zero-order chi connectivity index (χ0) is 7.28. The molecule has 1 N–H and O–H groups in total. The Labute approximate surface area is 61.6 Å². The Kier molecular flexibility index (Phi) is 4.40. The Balaban J connectivity index is 3.34. The highest BCUT2D eigenvalue weighted by Crippen LogP contribution is 1.87. The SMILES string of the molecule is CCC(C)NC(=S)OC. The van der Waals surface area contributed by atoms with Crippen molar-refractivity contribution in [3.8, 4) is 0 Å². The molecule has 9 heavy (non-hydrogen) atoms. The minimum atomic E-state index is 0.414. The molecule has 3 heteroatoms. The first-order chi connectivity index (χ1) is 4.20. The Hall–Kier alpha value is -0.310. The molecule has 0 aromatic carbocycles. The smallest absolute Gasteiger partial charge is 0.256 e. The van der Waals surface area contributed by atoms with Gasteiger partial charge >= 0.3 is 0 Å². The first kappa shape index (κ1) is 8.69. The number of thiocarbonyl (C=S) groups is 1. The predicted molar refractivity (Wildman–Crippen MR) is 42.5 cm³/mol. The quantitative estimate of drug-likeness (QED) is 0.595. The fraction of sp³-hybridized carbons (Fsp3) is 0.833. The van der Waals surface area contributed by atoms with Gasteiger partial charge in [0.2, 0.25) is 0 Å². The molecule has 2 nitrogen and oxygen atoms in total. The van der Waals surface area contributed by atoms with E-state index in [1.807, 2.05) is 0 Å². The summed E-state index contributed by atoms with van der Waals surface area (Å²) in [7, 11) is 1.57. The molecule has 0 aliphatic carbocycles. The van der Waals surface area contributed by atoms with E-state index in [-0.39, 0.29) is 0 Å². The molecular weight excluding hydrogens is 134 g/mol. The third-order valence-corrected chi connectivity index (χ3v) is 1.45. The third-order valence-electron chi connectivity index (χ3n) is 1.16. The summed E-state index contributed by atoms with van der Waals surface area (Å²) < 4.78 is 4.74. The van der Waals surface area contributed by atoms with Crippen LogP contribution < -0.4 is 5.32 Å². The lowest BCUT2D eigenvalue weighted by atomic mass is 10.3. The third kappa shape index (κ3) is 4.21. The molecule has 0 aliphatic rings. The fourth-order valence-electron chi connectivity index (χ4n) is 0.362. The normalized spacial score (nSPS) is 12.3. The Bertz CT molecular complexity index is 95.1. The summed E-state index contributed by atoms with van der Waals surface area (Å²) in [6.07, 6.45) is 1.06. The highest BCUT2D eigenvalue weighted by molar-refractivity contribution is 7.80. The molecule has 0 aromatic rings. The molecule has 0 bridgehead atoms. The first-order valence-electron chi connectivity index (χ1n) is 3.05. The van der Waals surface area contributed by atoms with Gasteiger partial charge in [0.25, 0.3) is 5.17 Å². The van der Waals surface area contributed by atoms with Gasteiger partial charge in [0.15, 0.2) is 0 Å². The van der Waals surface area contributed by atoms with E-state index in [2.05, 4.69) is 19.2 Å². The number of ether oxygens (including phenoxy) is 1. The van der Waals surface area contributed by atoms with Gasteiger partial charge in [-0.3, -0.25) is 0 Å². The highest BCUT2D eigenvalue weighted by Gasteiger charge is 1.98. The summed E-state index contributed by atoms with van der Waals surface area (Å²) in [4.78, 5) is 0. The highest BCUT2D eigenvalue weighted by atomic mass is 32.1. The molecule has 1 unspecified atom stereocenters. The van der Waals surface area contributed by atoms with Gasteiger partial charge < -0.3 is 10.1 Å². The summed E-state index contributed by atoms with van der Waals surface area (Å²) in [5, 5.41) is 3.46. The van der Waals surface area contributed by atoms with Gasteiger partial charge in [-0.1, -0.05) is 6.92 Å². The van der Waals surface area contributed by atoms with Gasteiger partial charge in [0.05, 0.1) is 7.11 Å². The number of nitrogens with one attached hydrogen (secondary N) is 1. The molecule has 0 aliphatic heterocycles. The largest absolute Gasteiger partial charge is 0.474 e. The van der Waals surface area contributed by atoms with Crippen LogP contribution >= 0.6 is 12.2 Å². The van der Waals surface area contributed by atoms with Crippen LogP contribution in [0.15, 0.2) is 0 Å². The van der Waals surface area contributed by atoms with Gasteiger partial charge in [-0.25, -0.2) is 0 Å². The second-order valence-corrected chi connectivity index (χ2v) is 2.32. The van der Waals surface area contributed by atoms with E-state index in [4.69, 9.17) is 17.0 Å². The molecule has 54 valence electrons. The van der Waals surface area contributed by atoms with Crippen molar-refractivity contribution in [2.45, 2.75) is 26.3 Å². The Morgan fingerprint density at radius 2 is 2.33 bits per heavy atom.